The van der Waals surface area contributed by atoms with Crippen LogP contribution in [0.5, 0.6) is 0 Å². The Morgan fingerprint density at radius 2 is 1.96 bits per heavy atom. The monoisotopic (exact) mass is 372 g/mol. The van der Waals surface area contributed by atoms with Crippen LogP contribution in [0.3, 0.4) is 0 Å². The lowest BCUT2D eigenvalue weighted by Gasteiger charge is -2.27. The molecule has 4 N–H and O–H groups in total. The summed E-state index contributed by atoms with van der Waals surface area (Å²) in [6, 6.07) is 4.12. The average molecular weight is 372 g/mol. The van der Waals surface area contributed by atoms with Crippen LogP contribution >= 0.6 is 0 Å². The first-order valence-corrected chi connectivity index (χ1v) is 9.11. The van der Waals surface area contributed by atoms with E-state index in [1.807, 2.05) is 13.8 Å². The molecule has 1 unspecified atom stereocenters. The van der Waals surface area contributed by atoms with Gasteiger partial charge in [-0.25, -0.2) is 0 Å². The van der Waals surface area contributed by atoms with Crippen molar-refractivity contribution in [3.05, 3.63) is 34.9 Å². The number of carbonyl (C=O) groups excluding carboxylic acids is 4. The van der Waals surface area contributed by atoms with E-state index in [9.17, 15) is 19.2 Å². The van der Waals surface area contributed by atoms with Crippen molar-refractivity contribution in [2.24, 2.45) is 11.7 Å². The van der Waals surface area contributed by atoms with Crippen molar-refractivity contribution in [1.82, 2.24) is 15.5 Å². The first-order valence-electron chi connectivity index (χ1n) is 9.11. The predicted octanol–water partition coefficient (Wildman–Crippen LogP) is 0.161. The average Bonchev–Trinajstić information content (AvgIpc) is 2.87. The zero-order chi connectivity index (χ0) is 19.7. The van der Waals surface area contributed by atoms with Crippen LogP contribution in [-0.2, 0) is 16.1 Å². The van der Waals surface area contributed by atoms with Crippen LogP contribution in [0.2, 0.25) is 0 Å². The van der Waals surface area contributed by atoms with E-state index in [1.54, 1.807) is 18.2 Å². The summed E-state index contributed by atoms with van der Waals surface area (Å²) in [4.78, 5) is 50.2. The minimum Gasteiger partial charge on any atom is -0.326 e. The van der Waals surface area contributed by atoms with Crippen molar-refractivity contribution in [3.63, 3.8) is 0 Å². The molecular weight excluding hydrogens is 348 g/mol. The summed E-state index contributed by atoms with van der Waals surface area (Å²) in [5, 5.41) is 5.42. The highest BCUT2D eigenvalue weighted by Gasteiger charge is 2.45. The maximum Gasteiger partial charge on any atom is 0.262 e. The quantitative estimate of drug-likeness (QED) is 0.612. The Morgan fingerprint density at radius 3 is 2.63 bits per heavy atom. The first-order chi connectivity index (χ1) is 12.8. The van der Waals surface area contributed by atoms with Crippen molar-refractivity contribution in [1.29, 1.82) is 0 Å². The maximum atomic E-state index is 12.9. The van der Waals surface area contributed by atoms with Crippen LogP contribution in [0, 0.1) is 5.92 Å². The molecular formula is C19H24N4O4. The van der Waals surface area contributed by atoms with Crippen LogP contribution in [0.25, 0.3) is 0 Å². The van der Waals surface area contributed by atoms with Crippen LogP contribution in [0.1, 0.15) is 53.0 Å². The molecule has 2 aliphatic heterocycles. The van der Waals surface area contributed by atoms with Crippen molar-refractivity contribution < 1.29 is 19.2 Å². The van der Waals surface area contributed by atoms with E-state index < -0.39 is 23.8 Å². The van der Waals surface area contributed by atoms with Gasteiger partial charge in [-0.15, -0.1) is 0 Å². The molecule has 2 heterocycles. The topological polar surface area (TPSA) is 122 Å². The lowest BCUT2D eigenvalue weighted by atomic mass is 10.0. The molecule has 0 spiro atoms. The first kappa shape index (κ1) is 19.2. The molecule has 1 saturated heterocycles. The van der Waals surface area contributed by atoms with Crippen LogP contribution in [-0.4, -0.2) is 47.2 Å². The molecule has 0 aliphatic carbocycles. The molecule has 1 aromatic rings. The normalized spacial score (nSPS) is 20.9. The van der Waals surface area contributed by atoms with Gasteiger partial charge in [-0.05, 0) is 24.0 Å². The van der Waals surface area contributed by atoms with Gasteiger partial charge < -0.3 is 11.1 Å². The Labute approximate surface area is 157 Å². The Balaban J connectivity index is 1.80. The predicted molar refractivity (Wildman–Crippen MR) is 97.6 cm³/mol. The number of benzene rings is 1. The summed E-state index contributed by atoms with van der Waals surface area (Å²) in [6.07, 6.45) is 0.248. The number of nitrogens with two attached hydrogens (primary N) is 1. The Bertz CT molecular complexity index is 805. The zero-order valence-electron chi connectivity index (χ0n) is 15.5. The van der Waals surface area contributed by atoms with Gasteiger partial charge in [-0.2, -0.15) is 0 Å². The SMILES string of the molecule is CC(C)[C@H](N)CNCc1cccc2c1C(=O)N(C1CCC(=O)NC1=O)C2=O. The minimum atomic E-state index is -0.953. The zero-order valence-corrected chi connectivity index (χ0v) is 15.5. The van der Waals surface area contributed by atoms with Crippen molar-refractivity contribution in [2.75, 3.05) is 6.54 Å². The van der Waals surface area contributed by atoms with Gasteiger partial charge in [-0.1, -0.05) is 26.0 Å². The molecule has 2 atom stereocenters. The van der Waals surface area contributed by atoms with Crippen molar-refractivity contribution in [3.8, 4) is 0 Å². The van der Waals surface area contributed by atoms with Gasteiger partial charge in [0.25, 0.3) is 11.8 Å². The summed E-state index contributed by atoms with van der Waals surface area (Å²) < 4.78 is 0. The van der Waals surface area contributed by atoms with E-state index in [0.29, 0.717) is 30.1 Å². The third kappa shape index (κ3) is 3.63. The highest BCUT2D eigenvalue weighted by molar-refractivity contribution is 6.24. The fourth-order valence-electron chi connectivity index (χ4n) is 3.34. The highest BCUT2D eigenvalue weighted by Crippen LogP contribution is 2.29. The van der Waals surface area contributed by atoms with Gasteiger partial charge in [0.15, 0.2) is 0 Å². The second-order valence-electron chi connectivity index (χ2n) is 7.33. The molecule has 8 heteroatoms. The molecule has 27 heavy (non-hydrogen) atoms. The standard InChI is InChI=1S/C19H24N4O4/c1-10(2)13(20)9-21-8-11-4-3-5-12-16(11)19(27)23(18(12)26)14-6-7-15(24)22-17(14)25/h3-5,10,13-14,21H,6-9,20H2,1-2H3,(H,22,24,25)/t13-,14?/m1/s1. The summed E-state index contributed by atoms with van der Waals surface area (Å²) in [7, 11) is 0. The summed E-state index contributed by atoms with van der Waals surface area (Å²) >= 11 is 0. The van der Waals surface area contributed by atoms with Crippen LogP contribution < -0.4 is 16.4 Å². The molecule has 8 nitrogen and oxygen atoms in total. The number of rotatable bonds is 6. The molecule has 144 valence electrons. The number of piperidine rings is 1. The van der Waals surface area contributed by atoms with Gasteiger partial charge in [0.2, 0.25) is 11.8 Å². The third-order valence-corrected chi connectivity index (χ3v) is 5.11. The Hall–Kier alpha value is -2.58. The highest BCUT2D eigenvalue weighted by atomic mass is 16.2. The van der Waals surface area contributed by atoms with E-state index in [1.165, 1.54) is 0 Å². The summed E-state index contributed by atoms with van der Waals surface area (Å²) in [5.74, 6) is -1.66. The van der Waals surface area contributed by atoms with Gasteiger partial charge in [-0.3, -0.25) is 29.4 Å². The van der Waals surface area contributed by atoms with E-state index >= 15 is 0 Å². The molecule has 2 aliphatic rings. The minimum absolute atomic E-state index is 0.0148. The fourth-order valence-corrected chi connectivity index (χ4v) is 3.34. The van der Waals surface area contributed by atoms with Crippen molar-refractivity contribution >= 4 is 23.6 Å². The molecule has 0 aromatic heterocycles. The lowest BCUT2D eigenvalue weighted by molar-refractivity contribution is -0.136. The number of amides is 4. The van der Waals surface area contributed by atoms with E-state index in [4.69, 9.17) is 5.73 Å². The Kier molecular flexibility index (Phi) is 5.38. The number of fused-ring (bicyclic) bond motifs is 1. The number of carbonyl (C=O) groups is 4. The molecule has 0 radical (unpaired) electrons. The molecule has 1 aromatic carbocycles. The van der Waals surface area contributed by atoms with Crippen LogP contribution in [0.15, 0.2) is 18.2 Å². The smallest absolute Gasteiger partial charge is 0.262 e. The van der Waals surface area contributed by atoms with E-state index in [2.05, 4.69) is 10.6 Å². The number of hydrogen-bond acceptors (Lipinski definition) is 6. The fraction of sp³-hybridized carbons (Fsp3) is 0.474. The second-order valence-corrected chi connectivity index (χ2v) is 7.33. The molecule has 3 rings (SSSR count). The van der Waals surface area contributed by atoms with Gasteiger partial charge in [0, 0.05) is 25.6 Å². The lowest BCUT2D eigenvalue weighted by Crippen LogP contribution is -2.54. The summed E-state index contributed by atoms with van der Waals surface area (Å²) in [6.45, 7) is 5.05. The number of imide groups is 2. The van der Waals surface area contributed by atoms with E-state index in [-0.39, 0.29) is 30.4 Å². The molecule has 0 bridgehead atoms. The van der Waals surface area contributed by atoms with Gasteiger partial charge in [0.05, 0.1) is 11.1 Å². The number of nitrogens with zero attached hydrogens (tertiary/aromatic N) is 1. The maximum absolute atomic E-state index is 12.9. The summed E-state index contributed by atoms with van der Waals surface area (Å²) in [5.41, 5.74) is 7.32. The molecule has 1 fully saturated rings. The molecule has 0 saturated carbocycles. The largest absolute Gasteiger partial charge is 0.326 e. The second kappa shape index (κ2) is 7.58. The number of hydrogen-bond donors (Lipinski definition) is 3. The van der Waals surface area contributed by atoms with Gasteiger partial charge in [0.1, 0.15) is 6.04 Å². The Morgan fingerprint density at radius 1 is 1.22 bits per heavy atom. The van der Waals surface area contributed by atoms with Gasteiger partial charge >= 0.3 is 0 Å². The van der Waals surface area contributed by atoms with Crippen molar-refractivity contribution in [2.45, 2.75) is 45.3 Å². The van der Waals surface area contributed by atoms with Crippen LogP contribution in [0.4, 0.5) is 0 Å². The third-order valence-electron chi connectivity index (χ3n) is 5.11. The molecule has 4 amide bonds. The van der Waals surface area contributed by atoms with E-state index in [0.717, 1.165) is 4.90 Å². The number of nitrogens with one attached hydrogen (secondary N) is 2.